The number of nitrogens with zero attached hydrogens (tertiary/aromatic N) is 3. The van der Waals surface area contributed by atoms with Crippen molar-refractivity contribution in [1.82, 2.24) is 19.7 Å². The molecule has 2 amide bonds. The van der Waals surface area contributed by atoms with E-state index in [0.29, 0.717) is 38.0 Å². The standard InChI is InChI=1S/C29H40N4O3/c1-22(2)12-13-30-28(35)25-20-32(19-23(3)4)21-26(27(25)34)29(36)33-17-15-31(16-18-33)14-8-11-24-9-6-5-7-10-24/h5-11,20-23H,12-19H2,1-4H3,(H,30,35)/b11-8+. The van der Waals surface area contributed by atoms with Gasteiger partial charge in [0.05, 0.1) is 0 Å². The summed E-state index contributed by atoms with van der Waals surface area (Å²) in [7, 11) is 0. The number of benzene rings is 1. The molecule has 1 saturated heterocycles. The number of aromatic nitrogens is 1. The molecule has 1 aliphatic rings. The highest BCUT2D eigenvalue weighted by Gasteiger charge is 2.26. The average Bonchev–Trinajstić information content (AvgIpc) is 2.85. The molecule has 7 heteroatoms. The Morgan fingerprint density at radius 1 is 0.944 bits per heavy atom. The van der Waals surface area contributed by atoms with Gasteiger partial charge in [-0.3, -0.25) is 19.3 Å². The molecule has 0 spiro atoms. The zero-order chi connectivity index (χ0) is 26.1. The molecule has 1 aliphatic heterocycles. The molecule has 0 bridgehead atoms. The highest BCUT2D eigenvalue weighted by atomic mass is 16.2. The Kier molecular flexibility index (Phi) is 10.1. The molecule has 0 aliphatic carbocycles. The van der Waals surface area contributed by atoms with Gasteiger partial charge in [-0.25, -0.2) is 0 Å². The predicted octanol–water partition coefficient (Wildman–Crippen LogP) is 3.75. The molecule has 0 unspecified atom stereocenters. The van der Waals surface area contributed by atoms with Crippen molar-refractivity contribution in [1.29, 1.82) is 0 Å². The molecule has 194 valence electrons. The summed E-state index contributed by atoms with van der Waals surface area (Å²) < 4.78 is 1.81. The van der Waals surface area contributed by atoms with Crippen LogP contribution < -0.4 is 10.7 Å². The number of rotatable bonds is 10. The van der Waals surface area contributed by atoms with Gasteiger partial charge < -0.3 is 14.8 Å². The summed E-state index contributed by atoms with van der Waals surface area (Å²) in [6.07, 6.45) is 8.27. The Labute approximate surface area is 214 Å². The lowest BCUT2D eigenvalue weighted by atomic mass is 10.1. The first kappa shape index (κ1) is 27.4. The molecular formula is C29H40N4O3. The van der Waals surface area contributed by atoms with Crippen LogP contribution >= 0.6 is 0 Å². The summed E-state index contributed by atoms with van der Waals surface area (Å²) in [5, 5.41) is 2.84. The van der Waals surface area contributed by atoms with Gasteiger partial charge in [-0.2, -0.15) is 0 Å². The number of nitrogens with one attached hydrogen (secondary N) is 1. The van der Waals surface area contributed by atoms with Crippen molar-refractivity contribution in [2.75, 3.05) is 39.3 Å². The van der Waals surface area contributed by atoms with Crippen molar-refractivity contribution in [3.05, 3.63) is 75.7 Å². The van der Waals surface area contributed by atoms with E-state index in [2.05, 4.69) is 62.2 Å². The average molecular weight is 493 g/mol. The van der Waals surface area contributed by atoms with Crippen LogP contribution in [-0.4, -0.2) is 65.4 Å². The van der Waals surface area contributed by atoms with Crippen LogP contribution in [-0.2, 0) is 6.54 Å². The van der Waals surface area contributed by atoms with E-state index in [1.54, 1.807) is 21.9 Å². The fourth-order valence-corrected chi connectivity index (χ4v) is 4.25. The van der Waals surface area contributed by atoms with E-state index in [1.807, 2.05) is 18.2 Å². The first-order valence-electron chi connectivity index (χ1n) is 13.0. The molecule has 1 fully saturated rings. The number of amides is 2. The predicted molar refractivity (Wildman–Crippen MR) is 145 cm³/mol. The topological polar surface area (TPSA) is 74.7 Å². The number of pyridine rings is 1. The molecule has 2 heterocycles. The molecular weight excluding hydrogens is 452 g/mol. The minimum Gasteiger partial charge on any atom is -0.352 e. The largest absolute Gasteiger partial charge is 0.352 e. The van der Waals surface area contributed by atoms with Crippen LogP contribution in [0.5, 0.6) is 0 Å². The smallest absolute Gasteiger partial charge is 0.259 e. The third-order valence-corrected chi connectivity index (χ3v) is 6.27. The van der Waals surface area contributed by atoms with Crippen LogP contribution in [0, 0.1) is 11.8 Å². The second-order valence-electron chi connectivity index (χ2n) is 10.3. The van der Waals surface area contributed by atoms with E-state index in [9.17, 15) is 14.4 Å². The van der Waals surface area contributed by atoms with Gasteiger partial charge in [0.25, 0.3) is 11.8 Å². The van der Waals surface area contributed by atoms with Gasteiger partial charge in [0.15, 0.2) is 0 Å². The van der Waals surface area contributed by atoms with Crippen LogP contribution in [0.15, 0.2) is 53.6 Å². The van der Waals surface area contributed by atoms with E-state index in [1.165, 1.54) is 0 Å². The van der Waals surface area contributed by atoms with E-state index >= 15 is 0 Å². The monoisotopic (exact) mass is 492 g/mol. The summed E-state index contributed by atoms with van der Waals surface area (Å²) >= 11 is 0. The number of piperazine rings is 1. The summed E-state index contributed by atoms with van der Waals surface area (Å²) in [4.78, 5) is 43.5. The van der Waals surface area contributed by atoms with Gasteiger partial charge >= 0.3 is 0 Å². The molecule has 0 atom stereocenters. The third-order valence-electron chi connectivity index (χ3n) is 6.27. The lowest BCUT2D eigenvalue weighted by molar-refractivity contribution is 0.0648. The summed E-state index contributed by atoms with van der Waals surface area (Å²) in [5.41, 5.74) is 0.784. The minimum atomic E-state index is -0.490. The Morgan fingerprint density at radius 3 is 2.25 bits per heavy atom. The highest BCUT2D eigenvalue weighted by Crippen LogP contribution is 2.10. The SMILES string of the molecule is CC(C)CCNC(=O)c1cn(CC(C)C)cc(C(=O)N2CCN(C/C=C/c3ccccc3)CC2)c1=O. The number of hydrogen-bond acceptors (Lipinski definition) is 4. The normalized spacial score (nSPS) is 14.7. The number of hydrogen-bond donors (Lipinski definition) is 1. The van der Waals surface area contributed by atoms with Gasteiger partial charge in [-0.05, 0) is 23.8 Å². The molecule has 1 aromatic carbocycles. The maximum Gasteiger partial charge on any atom is 0.259 e. The van der Waals surface area contributed by atoms with Gasteiger partial charge in [-0.1, -0.05) is 70.2 Å². The second kappa shape index (κ2) is 13.2. The van der Waals surface area contributed by atoms with Gasteiger partial charge in [-0.15, -0.1) is 0 Å². The lowest BCUT2D eigenvalue weighted by Crippen LogP contribution is -2.49. The third kappa shape index (κ3) is 7.92. The maximum atomic E-state index is 13.4. The quantitative estimate of drug-likeness (QED) is 0.548. The zero-order valence-corrected chi connectivity index (χ0v) is 22.1. The number of carbonyl (C=O) groups excluding carboxylic acids is 2. The molecule has 0 saturated carbocycles. The molecule has 3 rings (SSSR count). The minimum absolute atomic E-state index is 0.0370. The molecule has 0 radical (unpaired) electrons. The Bertz CT molecular complexity index is 1100. The van der Waals surface area contributed by atoms with Gasteiger partial charge in [0.1, 0.15) is 11.1 Å². The van der Waals surface area contributed by atoms with Crippen molar-refractivity contribution in [3.63, 3.8) is 0 Å². The Hall–Kier alpha value is -3.19. The summed E-state index contributed by atoms with van der Waals surface area (Å²) in [5.74, 6) is 0.0414. The molecule has 36 heavy (non-hydrogen) atoms. The fourth-order valence-electron chi connectivity index (χ4n) is 4.25. The van der Waals surface area contributed by atoms with Crippen molar-refractivity contribution >= 4 is 17.9 Å². The van der Waals surface area contributed by atoms with Crippen molar-refractivity contribution in [2.24, 2.45) is 11.8 Å². The molecule has 7 nitrogen and oxygen atoms in total. The van der Waals surface area contributed by atoms with Crippen LogP contribution in [0.4, 0.5) is 0 Å². The fraction of sp³-hybridized carbons (Fsp3) is 0.483. The van der Waals surface area contributed by atoms with E-state index in [-0.39, 0.29) is 17.0 Å². The molecule has 1 aromatic heterocycles. The van der Waals surface area contributed by atoms with Gasteiger partial charge in [0, 0.05) is 58.2 Å². The van der Waals surface area contributed by atoms with Crippen LogP contribution in [0.1, 0.15) is 60.4 Å². The first-order chi connectivity index (χ1) is 17.2. The van der Waals surface area contributed by atoms with Crippen molar-refractivity contribution < 1.29 is 9.59 Å². The Balaban J connectivity index is 1.68. The lowest BCUT2D eigenvalue weighted by Gasteiger charge is -2.34. The van der Waals surface area contributed by atoms with Crippen LogP contribution in [0.3, 0.4) is 0 Å². The van der Waals surface area contributed by atoms with E-state index in [4.69, 9.17) is 0 Å². The van der Waals surface area contributed by atoms with E-state index < -0.39 is 11.3 Å². The molecule has 1 N–H and O–H groups in total. The second-order valence-corrected chi connectivity index (χ2v) is 10.3. The summed E-state index contributed by atoms with van der Waals surface area (Å²) in [6, 6.07) is 10.2. The zero-order valence-electron chi connectivity index (χ0n) is 22.1. The first-order valence-corrected chi connectivity index (χ1v) is 13.0. The molecule has 2 aromatic rings. The van der Waals surface area contributed by atoms with Crippen LogP contribution in [0.25, 0.3) is 6.08 Å². The number of carbonyl (C=O) groups is 2. The van der Waals surface area contributed by atoms with Gasteiger partial charge in [0.2, 0.25) is 5.43 Å². The van der Waals surface area contributed by atoms with Crippen molar-refractivity contribution in [3.8, 4) is 0 Å². The maximum absolute atomic E-state index is 13.4. The Morgan fingerprint density at radius 2 is 1.61 bits per heavy atom. The summed E-state index contributed by atoms with van der Waals surface area (Å²) in [6.45, 7) is 12.8. The van der Waals surface area contributed by atoms with Crippen LogP contribution in [0.2, 0.25) is 0 Å². The van der Waals surface area contributed by atoms with E-state index in [0.717, 1.165) is 31.6 Å². The highest BCUT2D eigenvalue weighted by molar-refractivity contribution is 5.99. The van der Waals surface area contributed by atoms with Crippen molar-refractivity contribution in [2.45, 2.75) is 40.7 Å².